The Morgan fingerprint density at radius 2 is 0.451 bits per heavy atom. The van der Waals surface area contributed by atoms with Gasteiger partial charge in [0.25, 0.3) is 0 Å². The SMILES string of the molecule is CCCCCCCCCCCCCCCCCCCCCCCC(=O)O[C@H](COC(=O)CCCCCCCCCCCCCCCCCCCCC)COP(=O)(O)OC[C@@H](O)COP(=O)(O)OC[C@@H](COC(=O)CCCCCCCCCCC)OC(=O)CCCCCCCCCCCCC(C)C. The molecular formula is C83H162O17P2. The number of rotatable bonds is 83. The van der Waals surface area contributed by atoms with E-state index >= 15 is 0 Å². The van der Waals surface area contributed by atoms with Gasteiger partial charge in [0, 0.05) is 25.7 Å². The number of hydrogen-bond acceptors (Lipinski definition) is 15. The number of phosphoric ester groups is 2. The molecule has 0 rings (SSSR count). The standard InChI is InChI=1S/C83H162O17P2/c1-6-9-12-15-18-21-23-25-27-29-31-32-34-36-38-40-42-48-53-58-63-68-82(87)99-79(73-94-81(86)67-62-57-52-47-41-39-37-35-33-30-28-26-24-22-19-16-13-10-7-2)75-98-102(91,92)96-71-77(84)70-95-101(89,90)97-74-78(72-93-80(85)66-61-56-51-45-20-17-14-11-8-3)100-83(88)69-64-59-54-49-44-43-46-50-55-60-65-76(4)5/h76-79,84H,6-75H2,1-5H3,(H,89,90)(H,91,92)/t77-,78+,79+/m0/s1. The minimum Gasteiger partial charge on any atom is -0.462 e. The third-order valence-corrected chi connectivity index (χ3v) is 21.4. The normalized spacial score (nSPS) is 13.8. The molecule has 606 valence electrons. The average molecular weight is 1490 g/mol. The molecule has 2 unspecified atom stereocenters. The summed E-state index contributed by atoms with van der Waals surface area (Å²) in [4.78, 5) is 73.0. The fourth-order valence-corrected chi connectivity index (χ4v) is 14.5. The molecule has 0 radical (unpaired) electrons. The van der Waals surface area contributed by atoms with Gasteiger partial charge >= 0.3 is 39.5 Å². The van der Waals surface area contributed by atoms with Crippen molar-refractivity contribution in [3.63, 3.8) is 0 Å². The predicted octanol–water partition coefficient (Wildman–Crippen LogP) is 25.2. The molecule has 0 spiro atoms. The molecule has 0 aromatic carbocycles. The molecule has 0 saturated heterocycles. The summed E-state index contributed by atoms with van der Waals surface area (Å²) in [5.41, 5.74) is 0. The Balaban J connectivity index is 5.20. The van der Waals surface area contributed by atoms with Crippen molar-refractivity contribution in [2.24, 2.45) is 5.92 Å². The Labute approximate surface area is 626 Å². The third-order valence-electron chi connectivity index (χ3n) is 19.5. The summed E-state index contributed by atoms with van der Waals surface area (Å²) >= 11 is 0. The molecule has 0 aromatic heterocycles. The van der Waals surface area contributed by atoms with E-state index in [4.69, 9.17) is 37.0 Å². The number of esters is 4. The minimum absolute atomic E-state index is 0.106. The van der Waals surface area contributed by atoms with Crippen LogP contribution in [0.15, 0.2) is 0 Å². The van der Waals surface area contributed by atoms with E-state index in [0.29, 0.717) is 25.7 Å². The topological polar surface area (TPSA) is 237 Å². The first-order chi connectivity index (χ1) is 49.5. The van der Waals surface area contributed by atoms with Gasteiger partial charge in [-0.1, -0.05) is 394 Å². The zero-order valence-corrected chi connectivity index (χ0v) is 68.5. The number of carbonyl (C=O) groups is 4. The summed E-state index contributed by atoms with van der Waals surface area (Å²) in [6, 6.07) is 0. The Bertz CT molecular complexity index is 1940. The molecule has 17 nitrogen and oxygen atoms in total. The van der Waals surface area contributed by atoms with Crippen molar-refractivity contribution in [1.29, 1.82) is 0 Å². The Hall–Kier alpha value is -1.94. The van der Waals surface area contributed by atoms with Crippen LogP contribution in [0.4, 0.5) is 0 Å². The quantitative estimate of drug-likeness (QED) is 0.0222. The molecule has 0 aliphatic carbocycles. The van der Waals surface area contributed by atoms with Crippen LogP contribution in [0.1, 0.15) is 446 Å². The fourth-order valence-electron chi connectivity index (χ4n) is 12.9. The maximum atomic E-state index is 13.1. The molecular weight excluding hydrogens is 1330 g/mol. The van der Waals surface area contributed by atoms with Gasteiger partial charge in [-0.25, -0.2) is 9.13 Å². The maximum absolute atomic E-state index is 13.1. The van der Waals surface area contributed by atoms with Gasteiger partial charge in [0.2, 0.25) is 0 Å². The van der Waals surface area contributed by atoms with Gasteiger partial charge in [-0.15, -0.1) is 0 Å². The van der Waals surface area contributed by atoms with E-state index in [2.05, 4.69) is 34.6 Å². The molecule has 0 amide bonds. The molecule has 5 atom stereocenters. The van der Waals surface area contributed by atoms with Gasteiger partial charge in [0.1, 0.15) is 19.3 Å². The van der Waals surface area contributed by atoms with E-state index in [0.717, 1.165) is 95.8 Å². The average Bonchev–Trinajstić information content (AvgIpc) is 0.957. The lowest BCUT2D eigenvalue weighted by atomic mass is 10.0. The molecule has 0 heterocycles. The van der Waals surface area contributed by atoms with E-state index in [1.165, 1.54) is 270 Å². The van der Waals surface area contributed by atoms with Crippen molar-refractivity contribution < 1.29 is 80.2 Å². The van der Waals surface area contributed by atoms with Crippen molar-refractivity contribution in [2.75, 3.05) is 39.6 Å². The van der Waals surface area contributed by atoms with Crippen molar-refractivity contribution in [1.82, 2.24) is 0 Å². The highest BCUT2D eigenvalue weighted by Gasteiger charge is 2.30. The highest BCUT2D eigenvalue weighted by atomic mass is 31.2. The van der Waals surface area contributed by atoms with Gasteiger partial charge in [0.05, 0.1) is 26.4 Å². The Morgan fingerprint density at radius 3 is 0.667 bits per heavy atom. The molecule has 0 aliphatic heterocycles. The van der Waals surface area contributed by atoms with Crippen LogP contribution in [0.2, 0.25) is 0 Å². The summed E-state index contributed by atoms with van der Waals surface area (Å²) < 4.78 is 68.7. The summed E-state index contributed by atoms with van der Waals surface area (Å²) in [7, 11) is -9.92. The van der Waals surface area contributed by atoms with Crippen molar-refractivity contribution in [2.45, 2.75) is 464 Å². The van der Waals surface area contributed by atoms with E-state index in [-0.39, 0.29) is 25.7 Å². The van der Waals surface area contributed by atoms with Crippen molar-refractivity contribution in [3.05, 3.63) is 0 Å². The van der Waals surface area contributed by atoms with Crippen molar-refractivity contribution in [3.8, 4) is 0 Å². The first-order valence-electron chi connectivity index (χ1n) is 43.1. The molecule has 0 aliphatic rings. The lowest BCUT2D eigenvalue weighted by Crippen LogP contribution is -2.30. The van der Waals surface area contributed by atoms with Crippen LogP contribution in [0.3, 0.4) is 0 Å². The largest absolute Gasteiger partial charge is 0.472 e. The molecule has 19 heteroatoms. The summed E-state index contributed by atoms with van der Waals surface area (Å²) in [6.45, 7) is 7.31. The lowest BCUT2D eigenvalue weighted by Gasteiger charge is -2.21. The van der Waals surface area contributed by atoms with E-state index in [9.17, 15) is 43.2 Å². The minimum atomic E-state index is -4.96. The summed E-state index contributed by atoms with van der Waals surface area (Å²) in [6.07, 6.45) is 68.2. The van der Waals surface area contributed by atoms with Crippen molar-refractivity contribution >= 4 is 39.5 Å². The van der Waals surface area contributed by atoms with Crippen LogP contribution in [0.25, 0.3) is 0 Å². The molecule has 102 heavy (non-hydrogen) atoms. The van der Waals surface area contributed by atoms with Gasteiger partial charge < -0.3 is 33.8 Å². The maximum Gasteiger partial charge on any atom is 0.472 e. The van der Waals surface area contributed by atoms with E-state index in [1.54, 1.807) is 0 Å². The van der Waals surface area contributed by atoms with Crippen LogP contribution in [0.5, 0.6) is 0 Å². The highest BCUT2D eigenvalue weighted by molar-refractivity contribution is 7.47. The van der Waals surface area contributed by atoms with Gasteiger partial charge in [-0.2, -0.15) is 0 Å². The monoisotopic (exact) mass is 1490 g/mol. The Kier molecular flexibility index (Phi) is 74.4. The third kappa shape index (κ3) is 76.3. The van der Waals surface area contributed by atoms with Crippen LogP contribution in [-0.2, 0) is 65.4 Å². The molecule has 0 bridgehead atoms. The van der Waals surface area contributed by atoms with Gasteiger partial charge in [0.15, 0.2) is 12.2 Å². The molecule has 0 fully saturated rings. The number of ether oxygens (including phenoxy) is 4. The fraction of sp³-hybridized carbons (Fsp3) is 0.952. The second-order valence-electron chi connectivity index (χ2n) is 30.3. The first-order valence-corrected chi connectivity index (χ1v) is 46.1. The zero-order chi connectivity index (χ0) is 74.8. The zero-order valence-electron chi connectivity index (χ0n) is 66.8. The van der Waals surface area contributed by atoms with Crippen LogP contribution in [0, 0.1) is 5.92 Å². The Morgan fingerprint density at radius 1 is 0.265 bits per heavy atom. The van der Waals surface area contributed by atoms with Crippen LogP contribution >= 0.6 is 15.6 Å². The number of aliphatic hydroxyl groups excluding tert-OH is 1. The van der Waals surface area contributed by atoms with E-state index < -0.39 is 97.5 Å². The number of carbonyl (C=O) groups excluding carboxylic acids is 4. The smallest absolute Gasteiger partial charge is 0.462 e. The summed E-state index contributed by atoms with van der Waals surface area (Å²) in [5.74, 6) is -1.35. The molecule has 0 saturated carbocycles. The van der Waals surface area contributed by atoms with Crippen LogP contribution < -0.4 is 0 Å². The predicted molar refractivity (Wildman–Crippen MR) is 418 cm³/mol. The number of unbranched alkanes of at least 4 members (excludes halogenated alkanes) is 55. The second kappa shape index (κ2) is 75.9. The lowest BCUT2D eigenvalue weighted by molar-refractivity contribution is -0.161. The number of hydrogen-bond donors (Lipinski definition) is 3. The van der Waals surface area contributed by atoms with Gasteiger partial charge in [-0.05, 0) is 31.6 Å². The van der Waals surface area contributed by atoms with Gasteiger partial charge in [-0.3, -0.25) is 37.3 Å². The van der Waals surface area contributed by atoms with E-state index in [1.807, 2.05) is 0 Å². The number of phosphoric acid groups is 2. The van der Waals surface area contributed by atoms with Crippen LogP contribution in [-0.4, -0.2) is 96.7 Å². The number of aliphatic hydroxyl groups is 1. The first kappa shape index (κ1) is 100. The second-order valence-corrected chi connectivity index (χ2v) is 33.3. The highest BCUT2D eigenvalue weighted by Crippen LogP contribution is 2.45. The summed E-state index contributed by atoms with van der Waals surface area (Å²) in [5, 5.41) is 10.6. The molecule has 0 aromatic rings. The molecule has 3 N–H and O–H groups in total.